The van der Waals surface area contributed by atoms with Crippen LogP contribution in [0.2, 0.25) is 0 Å². The number of Topliss-reactive ketones (excluding diaryl/α,β-unsaturated/α-hetero) is 1. The van der Waals surface area contributed by atoms with Crippen molar-refractivity contribution in [3.8, 4) is 11.5 Å². The van der Waals surface area contributed by atoms with Gasteiger partial charge in [-0.15, -0.1) is 0 Å². The minimum atomic E-state index is -0.580. The van der Waals surface area contributed by atoms with E-state index in [1.54, 1.807) is 34.9 Å². The van der Waals surface area contributed by atoms with Gasteiger partial charge in [-0.1, -0.05) is 18.2 Å². The van der Waals surface area contributed by atoms with Crippen LogP contribution in [0.4, 0.5) is 5.69 Å². The molecule has 2 aromatic rings. The van der Waals surface area contributed by atoms with Crippen LogP contribution in [0, 0.1) is 0 Å². The number of benzene rings is 2. The zero-order chi connectivity index (χ0) is 22.3. The molecule has 0 bridgehead atoms. The van der Waals surface area contributed by atoms with Gasteiger partial charge in [0.1, 0.15) is 17.1 Å². The molecular weight excluding hydrogens is 408 g/mol. The number of hydrogen-bond donors (Lipinski definition) is 0. The molecule has 3 aliphatic rings. The van der Waals surface area contributed by atoms with E-state index in [2.05, 4.69) is 0 Å². The Morgan fingerprint density at radius 2 is 1.88 bits per heavy atom. The van der Waals surface area contributed by atoms with E-state index in [9.17, 15) is 14.4 Å². The molecule has 1 fully saturated rings. The molecule has 0 aromatic heterocycles. The van der Waals surface area contributed by atoms with Crippen molar-refractivity contribution in [3.05, 3.63) is 53.6 Å². The van der Waals surface area contributed by atoms with Gasteiger partial charge < -0.3 is 19.3 Å². The van der Waals surface area contributed by atoms with Crippen molar-refractivity contribution in [1.82, 2.24) is 4.90 Å². The van der Waals surface area contributed by atoms with Crippen molar-refractivity contribution in [2.75, 3.05) is 31.1 Å². The largest absolute Gasteiger partial charge is 0.486 e. The number of hydrogen-bond acceptors (Lipinski definition) is 5. The predicted molar refractivity (Wildman–Crippen MR) is 118 cm³/mol. The number of piperidine rings is 1. The second-order valence-corrected chi connectivity index (χ2v) is 8.76. The number of ether oxygens (including phenoxy) is 2. The molecule has 166 valence electrons. The number of fused-ring (bicyclic) bond motifs is 2. The van der Waals surface area contributed by atoms with E-state index >= 15 is 0 Å². The van der Waals surface area contributed by atoms with Crippen molar-refractivity contribution in [2.45, 2.75) is 38.2 Å². The van der Waals surface area contributed by atoms with Gasteiger partial charge >= 0.3 is 0 Å². The number of likely N-dealkylation sites (tertiary alicyclic amines) is 1. The van der Waals surface area contributed by atoms with E-state index in [-0.39, 0.29) is 24.2 Å². The fourth-order valence-corrected chi connectivity index (χ4v) is 4.89. The number of para-hydroxylation sites is 1. The SMILES string of the molecule is CC(=O)N1CCC2(CC1)CC(=O)c1ccc(OCC(=O)N3CCc4ccccc43)cc1O2. The Hall–Kier alpha value is -3.35. The van der Waals surface area contributed by atoms with Crippen LogP contribution in [-0.2, 0) is 16.0 Å². The minimum absolute atomic E-state index is 0.0406. The lowest BCUT2D eigenvalue weighted by Crippen LogP contribution is -2.51. The highest BCUT2D eigenvalue weighted by molar-refractivity contribution is 6.00. The van der Waals surface area contributed by atoms with Gasteiger partial charge in [-0.25, -0.2) is 0 Å². The summed E-state index contributed by atoms with van der Waals surface area (Å²) in [6.45, 7) is 3.30. The third-order valence-corrected chi connectivity index (χ3v) is 6.73. The summed E-state index contributed by atoms with van der Waals surface area (Å²) < 4.78 is 12.1. The lowest BCUT2D eigenvalue weighted by Gasteiger charge is -2.43. The molecule has 0 radical (unpaired) electrons. The lowest BCUT2D eigenvalue weighted by molar-refractivity contribution is -0.132. The second-order valence-electron chi connectivity index (χ2n) is 8.76. The summed E-state index contributed by atoms with van der Waals surface area (Å²) in [7, 11) is 0. The molecule has 7 nitrogen and oxygen atoms in total. The van der Waals surface area contributed by atoms with Gasteiger partial charge in [0.2, 0.25) is 5.91 Å². The van der Waals surface area contributed by atoms with Gasteiger partial charge in [-0.05, 0) is 30.2 Å². The van der Waals surface area contributed by atoms with E-state index in [0.29, 0.717) is 56.0 Å². The summed E-state index contributed by atoms with van der Waals surface area (Å²) in [5, 5.41) is 0. The van der Waals surface area contributed by atoms with Crippen LogP contribution < -0.4 is 14.4 Å². The van der Waals surface area contributed by atoms with Gasteiger partial charge in [0.15, 0.2) is 12.4 Å². The van der Waals surface area contributed by atoms with Crippen molar-refractivity contribution >= 4 is 23.3 Å². The maximum atomic E-state index is 12.8. The molecule has 1 saturated heterocycles. The Balaban J connectivity index is 1.27. The first-order valence-electron chi connectivity index (χ1n) is 11.1. The molecule has 0 saturated carbocycles. The fourth-order valence-electron chi connectivity index (χ4n) is 4.89. The highest BCUT2D eigenvalue weighted by Crippen LogP contribution is 2.41. The van der Waals surface area contributed by atoms with Crippen molar-refractivity contribution in [3.63, 3.8) is 0 Å². The number of carbonyl (C=O) groups is 3. The third kappa shape index (κ3) is 3.72. The molecule has 0 atom stereocenters. The van der Waals surface area contributed by atoms with Crippen LogP contribution in [0.3, 0.4) is 0 Å². The van der Waals surface area contributed by atoms with Crippen molar-refractivity contribution < 1.29 is 23.9 Å². The Bertz CT molecular complexity index is 1090. The summed E-state index contributed by atoms with van der Waals surface area (Å²) in [6.07, 6.45) is 2.41. The normalized spacial score (nSPS) is 18.7. The quantitative estimate of drug-likeness (QED) is 0.742. The Labute approximate surface area is 186 Å². The molecule has 2 aromatic carbocycles. The van der Waals surface area contributed by atoms with Gasteiger partial charge in [-0.3, -0.25) is 14.4 Å². The monoisotopic (exact) mass is 434 g/mol. The average molecular weight is 434 g/mol. The number of anilines is 1. The highest BCUT2D eigenvalue weighted by atomic mass is 16.5. The zero-order valence-corrected chi connectivity index (χ0v) is 18.1. The topological polar surface area (TPSA) is 76.2 Å². The van der Waals surface area contributed by atoms with E-state index in [4.69, 9.17) is 9.47 Å². The minimum Gasteiger partial charge on any atom is -0.486 e. The summed E-state index contributed by atoms with van der Waals surface area (Å²) in [5.74, 6) is 0.976. The van der Waals surface area contributed by atoms with Crippen LogP contribution in [0.25, 0.3) is 0 Å². The Kier molecular flexibility index (Phi) is 5.12. The molecule has 3 heterocycles. The lowest BCUT2D eigenvalue weighted by atomic mass is 9.82. The molecule has 0 unspecified atom stereocenters. The second kappa shape index (κ2) is 7.97. The molecule has 5 rings (SSSR count). The smallest absolute Gasteiger partial charge is 0.264 e. The van der Waals surface area contributed by atoms with Gasteiger partial charge in [0.05, 0.1) is 12.0 Å². The maximum absolute atomic E-state index is 12.8. The Morgan fingerprint density at radius 3 is 2.66 bits per heavy atom. The molecule has 1 spiro atoms. The van der Waals surface area contributed by atoms with Gasteiger partial charge in [0.25, 0.3) is 5.91 Å². The number of carbonyl (C=O) groups excluding carboxylic acids is 3. The first-order valence-corrected chi connectivity index (χ1v) is 11.1. The van der Waals surface area contributed by atoms with E-state index in [1.807, 2.05) is 24.3 Å². The molecule has 0 N–H and O–H groups in total. The molecule has 3 aliphatic heterocycles. The van der Waals surface area contributed by atoms with Crippen molar-refractivity contribution in [2.24, 2.45) is 0 Å². The van der Waals surface area contributed by atoms with Gasteiger partial charge in [-0.2, -0.15) is 0 Å². The standard InChI is InChI=1S/C25H26N2O5/c1-17(28)26-12-9-25(10-13-26)15-22(29)20-7-6-19(14-23(20)32-25)31-16-24(30)27-11-8-18-4-2-3-5-21(18)27/h2-7,14H,8-13,15-16H2,1H3. The van der Waals surface area contributed by atoms with Crippen LogP contribution in [0.1, 0.15) is 42.1 Å². The summed E-state index contributed by atoms with van der Waals surface area (Å²) in [4.78, 5) is 40.7. The molecular formula is C25H26N2O5. The van der Waals surface area contributed by atoms with Crippen LogP contribution in [0.15, 0.2) is 42.5 Å². The molecule has 7 heteroatoms. The summed E-state index contributed by atoms with van der Waals surface area (Å²) >= 11 is 0. The van der Waals surface area contributed by atoms with E-state index in [1.165, 1.54) is 5.56 Å². The number of rotatable bonds is 3. The predicted octanol–water partition coefficient (Wildman–Crippen LogP) is 3.00. The number of nitrogens with zero attached hydrogens (tertiary/aromatic N) is 2. The maximum Gasteiger partial charge on any atom is 0.264 e. The van der Waals surface area contributed by atoms with Crippen LogP contribution >= 0.6 is 0 Å². The summed E-state index contributed by atoms with van der Waals surface area (Å²) in [5.41, 5.74) is 2.07. The highest BCUT2D eigenvalue weighted by Gasteiger charge is 2.43. The first kappa shape index (κ1) is 20.5. The fraction of sp³-hybridized carbons (Fsp3) is 0.400. The first-order chi connectivity index (χ1) is 15.4. The zero-order valence-electron chi connectivity index (χ0n) is 18.1. The third-order valence-electron chi connectivity index (χ3n) is 6.73. The Morgan fingerprint density at radius 1 is 1.09 bits per heavy atom. The van der Waals surface area contributed by atoms with Gasteiger partial charge in [0, 0.05) is 51.2 Å². The van der Waals surface area contributed by atoms with E-state index in [0.717, 1.165) is 12.1 Å². The number of ketones is 1. The molecule has 0 aliphatic carbocycles. The molecule has 2 amide bonds. The van der Waals surface area contributed by atoms with Crippen LogP contribution in [0.5, 0.6) is 11.5 Å². The van der Waals surface area contributed by atoms with Crippen molar-refractivity contribution in [1.29, 1.82) is 0 Å². The average Bonchev–Trinajstić information content (AvgIpc) is 3.22. The number of amides is 2. The molecule has 32 heavy (non-hydrogen) atoms. The summed E-state index contributed by atoms with van der Waals surface area (Å²) in [6, 6.07) is 13.0. The van der Waals surface area contributed by atoms with Crippen LogP contribution in [-0.4, -0.2) is 54.3 Å². The van der Waals surface area contributed by atoms with E-state index < -0.39 is 5.60 Å².